The molecule has 2 N–H and O–H groups in total. The van der Waals surface area contributed by atoms with Gasteiger partial charge < -0.3 is 23.9 Å². The van der Waals surface area contributed by atoms with Crippen LogP contribution in [0.25, 0.3) is 11.1 Å². The van der Waals surface area contributed by atoms with E-state index in [4.69, 9.17) is 13.3 Å². The van der Waals surface area contributed by atoms with Crippen LogP contribution in [-0.2, 0) is 18.1 Å². The summed E-state index contributed by atoms with van der Waals surface area (Å²) in [6, 6.07) is 16.7. The third-order valence-corrected chi connectivity index (χ3v) is 7.80. The molecule has 2 aromatic carbocycles. The van der Waals surface area contributed by atoms with Gasteiger partial charge in [0, 0.05) is 49.3 Å². The second-order valence-corrected chi connectivity index (χ2v) is 9.56. The molecule has 6 nitrogen and oxygen atoms in total. The van der Waals surface area contributed by atoms with Crippen molar-refractivity contribution in [3.8, 4) is 11.1 Å². The van der Waals surface area contributed by atoms with Crippen LogP contribution in [0.4, 0.5) is 11.4 Å². The van der Waals surface area contributed by atoms with E-state index in [1.165, 1.54) is 6.08 Å². The molecule has 0 aromatic heterocycles. The maximum Gasteiger partial charge on any atom is 0.500 e. The van der Waals surface area contributed by atoms with Crippen LogP contribution in [0.1, 0.15) is 27.2 Å². The van der Waals surface area contributed by atoms with E-state index in [2.05, 4.69) is 29.3 Å². The Bertz CT molecular complexity index is 816. The molecule has 2 rings (SSSR count). The lowest BCUT2D eigenvalue weighted by molar-refractivity contribution is -0.111. The minimum Gasteiger partial charge on any atom is -0.385 e. The van der Waals surface area contributed by atoms with Gasteiger partial charge in [-0.2, -0.15) is 0 Å². The molecule has 0 saturated carbocycles. The van der Waals surface area contributed by atoms with E-state index >= 15 is 0 Å². The number of nitrogens with one attached hydrogen (secondary N) is 2. The summed E-state index contributed by atoms with van der Waals surface area (Å²) in [6.45, 7) is 11.9. The molecule has 0 bridgehead atoms. The first kappa shape index (κ1) is 28.1. The Hall–Kier alpha value is -1.97. The van der Waals surface area contributed by atoms with E-state index in [0.29, 0.717) is 19.8 Å². The first-order valence-electron chi connectivity index (χ1n) is 10.9. The van der Waals surface area contributed by atoms with E-state index in [0.717, 1.165) is 41.5 Å². The Labute approximate surface area is 203 Å². The maximum absolute atomic E-state index is 11.5. The molecule has 0 aliphatic heterocycles. The predicted molar refractivity (Wildman–Crippen MR) is 140 cm³/mol. The van der Waals surface area contributed by atoms with Gasteiger partial charge in [0.2, 0.25) is 5.91 Å². The smallest absolute Gasteiger partial charge is 0.385 e. The summed E-state index contributed by atoms with van der Waals surface area (Å²) in [7, 11) is -2.62. The average Bonchev–Trinajstić information content (AvgIpc) is 2.78. The molecule has 0 saturated heterocycles. The third-order valence-electron chi connectivity index (χ3n) is 4.64. The molecule has 0 aliphatic rings. The van der Waals surface area contributed by atoms with Crippen molar-refractivity contribution in [1.29, 1.82) is 0 Å². The topological polar surface area (TPSA) is 68.8 Å². The largest absolute Gasteiger partial charge is 0.500 e. The summed E-state index contributed by atoms with van der Waals surface area (Å²) >= 11 is 0. The average molecular weight is 524 g/mol. The Morgan fingerprint density at radius 1 is 0.969 bits per heavy atom. The molecule has 2 aromatic rings. The summed E-state index contributed by atoms with van der Waals surface area (Å²) in [5.41, 5.74) is 3.97. The minimum atomic E-state index is -2.62. The van der Waals surface area contributed by atoms with E-state index in [9.17, 15) is 4.79 Å². The number of halogens is 1. The van der Waals surface area contributed by atoms with Gasteiger partial charge in [0.05, 0.1) is 0 Å². The number of rotatable bonds is 14. The predicted octanol–water partition coefficient (Wildman–Crippen LogP) is 5.91. The van der Waals surface area contributed by atoms with Gasteiger partial charge in [-0.05, 0) is 57.0 Å². The Morgan fingerprint density at radius 2 is 1.56 bits per heavy atom. The summed E-state index contributed by atoms with van der Waals surface area (Å²) < 4.78 is 17.8. The summed E-state index contributed by atoms with van der Waals surface area (Å²) in [4.78, 5) is 11.5. The first-order valence-corrected chi connectivity index (χ1v) is 12.8. The highest BCUT2D eigenvalue weighted by molar-refractivity contribution is 8.93. The zero-order valence-corrected chi connectivity index (χ0v) is 21.9. The molecule has 8 heteroatoms. The standard InChI is InChI=1S/C24H34N2O4Si.BrH/c1-5-24(27)26-21-16-14-20(15-17-21)22-12-9-10-13-23(22)25-18-11-19-31(28-6-2,29-7-3)30-8-4;/h5,9-10,12-17,25H,1,6-8,11,18-19H2,2-4H3,(H,26,27);1H. The lowest BCUT2D eigenvalue weighted by Gasteiger charge is -2.28. The first-order chi connectivity index (χ1) is 15.1. The number of carbonyl (C=O) groups is 1. The summed E-state index contributed by atoms with van der Waals surface area (Å²) in [5.74, 6) is -0.222. The van der Waals surface area contributed by atoms with Crippen molar-refractivity contribution in [2.45, 2.75) is 33.2 Å². The lowest BCUT2D eigenvalue weighted by atomic mass is 10.0. The van der Waals surface area contributed by atoms with Crippen molar-refractivity contribution in [2.75, 3.05) is 37.0 Å². The molecule has 0 atom stereocenters. The normalized spacial score (nSPS) is 10.8. The van der Waals surface area contributed by atoms with E-state index in [1.807, 2.05) is 57.2 Å². The van der Waals surface area contributed by atoms with Crippen LogP contribution in [-0.4, -0.2) is 41.1 Å². The van der Waals surface area contributed by atoms with Gasteiger partial charge in [0.25, 0.3) is 0 Å². The van der Waals surface area contributed by atoms with Crippen LogP contribution < -0.4 is 10.6 Å². The number of amides is 1. The van der Waals surface area contributed by atoms with Crippen LogP contribution in [0.2, 0.25) is 6.04 Å². The monoisotopic (exact) mass is 522 g/mol. The van der Waals surface area contributed by atoms with Crippen molar-refractivity contribution >= 4 is 43.1 Å². The molecule has 0 fully saturated rings. The number of benzene rings is 2. The van der Waals surface area contributed by atoms with Crippen molar-refractivity contribution in [3.63, 3.8) is 0 Å². The third kappa shape index (κ3) is 8.52. The molecule has 0 unspecified atom stereocenters. The molecule has 32 heavy (non-hydrogen) atoms. The van der Waals surface area contributed by atoms with Crippen molar-refractivity contribution in [3.05, 3.63) is 61.2 Å². The van der Waals surface area contributed by atoms with Crippen LogP contribution in [0, 0.1) is 0 Å². The molecule has 0 aliphatic carbocycles. The molecular weight excluding hydrogens is 488 g/mol. The van der Waals surface area contributed by atoms with Crippen LogP contribution in [0.5, 0.6) is 0 Å². The quantitative estimate of drug-likeness (QED) is 0.183. The van der Waals surface area contributed by atoms with Crippen molar-refractivity contribution < 1.29 is 18.1 Å². The maximum atomic E-state index is 11.5. The zero-order chi connectivity index (χ0) is 22.5. The summed E-state index contributed by atoms with van der Waals surface area (Å²) in [5, 5.41) is 6.31. The van der Waals surface area contributed by atoms with Gasteiger partial charge in [0.1, 0.15) is 0 Å². The SMILES string of the molecule is Br.C=CC(=O)Nc1ccc(-c2ccccc2NCCC[Si](OCC)(OCC)OCC)cc1. The van der Waals surface area contributed by atoms with E-state index in [1.54, 1.807) is 0 Å². The molecule has 1 amide bonds. The highest BCUT2D eigenvalue weighted by Gasteiger charge is 2.39. The van der Waals surface area contributed by atoms with Crippen LogP contribution in [0.3, 0.4) is 0 Å². The van der Waals surface area contributed by atoms with Gasteiger partial charge in [-0.25, -0.2) is 0 Å². The Morgan fingerprint density at radius 3 is 2.12 bits per heavy atom. The fourth-order valence-corrected chi connectivity index (χ4v) is 5.96. The van der Waals surface area contributed by atoms with Crippen molar-refractivity contribution in [2.24, 2.45) is 0 Å². The van der Waals surface area contributed by atoms with Gasteiger partial charge in [-0.1, -0.05) is 36.9 Å². The molecule has 0 spiro atoms. The molecule has 0 heterocycles. The van der Waals surface area contributed by atoms with Gasteiger partial charge >= 0.3 is 8.80 Å². The van der Waals surface area contributed by atoms with Gasteiger partial charge in [0.15, 0.2) is 0 Å². The second kappa shape index (κ2) is 15.0. The van der Waals surface area contributed by atoms with E-state index in [-0.39, 0.29) is 22.9 Å². The highest BCUT2D eigenvalue weighted by atomic mass is 79.9. The number of anilines is 2. The minimum absolute atomic E-state index is 0. The highest BCUT2D eigenvalue weighted by Crippen LogP contribution is 2.29. The van der Waals surface area contributed by atoms with Gasteiger partial charge in [-0.15, -0.1) is 17.0 Å². The fourth-order valence-electron chi connectivity index (χ4n) is 3.34. The van der Waals surface area contributed by atoms with Crippen LogP contribution >= 0.6 is 17.0 Å². The number of para-hydroxylation sites is 1. The Kier molecular flexibility index (Phi) is 13.1. The Balaban J connectivity index is 0.00000512. The molecule has 0 radical (unpaired) electrons. The fraction of sp³-hybridized carbons (Fsp3) is 0.375. The van der Waals surface area contributed by atoms with Crippen LogP contribution in [0.15, 0.2) is 61.2 Å². The molecular formula is C24H35BrN2O4Si. The number of carbonyl (C=O) groups excluding carboxylic acids is 1. The molecule has 176 valence electrons. The number of hydrogen-bond donors (Lipinski definition) is 2. The van der Waals surface area contributed by atoms with E-state index < -0.39 is 8.80 Å². The lowest BCUT2D eigenvalue weighted by Crippen LogP contribution is -2.46. The van der Waals surface area contributed by atoms with Crippen molar-refractivity contribution in [1.82, 2.24) is 0 Å². The number of hydrogen-bond acceptors (Lipinski definition) is 5. The summed E-state index contributed by atoms with van der Waals surface area (Å²) in [6.07, 6.45) is 2.14. The zero-order valence-electron chi connectivity index (χ0n) is 19.2. The second-order valence-electron chi connectivity index (χ2n) is 6.83. The van der Waals surface area contributed by atoms with Gasteiger partial charge in [-0.3, -0.25) is 4.79 Å².